The van der Waals surface area contributed by atoms with Gasteiger partial charge in [0.15, 0.2) is 0 Å². The highest BCUT2D eigenvalue weighted by molar-refractivity contribution is 9.10. The molecule has 116 valence electrons. The van der Waals surface area contributed by atoms with Crippen LogP contribution in [0.1, 0.15) is 44.2 Å². The third-order valence-corrected chi connectivity index (χ3v) is 5.71. The standard InChI is InChI=1S/C17H24BrFN2/c1-13(15-5-4-14(18)10-16(15)19)21-9-3-7-17(12-21)6-2-8-20-11-17/h4-5,10,13,20H,2-3,6-9,11-12H2,1H3. The van der Waals surface area contributed by atoms with Crippen LogP contribution in [-0.4, -0.2) is 31.1 Å². The van der Waals surface area contributed by atoms with Gasteiger partial charge in [-0.3, -0.25) is 4.90 Å². The van der Waals surface area contributed by atoms with Gasteiger partial charge in [0, 0.05) is 29.2 Å². The fourth-order valence-corrected chi connectivity index (χ4v) is 4.33. The highest BCUT2D eigenvalue weighted by atomic mass is 79.9. The number of piperidine rings is 2. The first kappa shape index (κ1) is 15.4. The first-order chi connectivity index (χ1) is 10.1. The molecule has 3 rings (SSSR count). The Hall–Kier alpha value is -0.450. The molecular formula is C17H24BrFN2. The van der Waals surface area contributed by atoms with Crippen molar-refractivity contribution in [1.82, 2.24) is 10.2 Å². The molecule has 1 aromatic rings. The Morgan fingerprint density at radius 3 is 2.86 bits per heavy atom. The molecule has 0 radical (unpaired) electrons. The highest BCUT2D eigenvalue weighted by Crippen LogP contribution is 2.39. The highest BCUT2D eigenvalue weighted by Gasteiger charge is 2.38. The maximum Gasteiger partial charge on any atom is 0.129 e. The van der Waals surface area contributed by atoms with E-state index in [4.69, 9.17) is 0 Å². The molecule has 2 saturated heterocycles. The largest absolute Gasteiger partial charge is 0.316 e. The van der Waals surface area contributed by atoms with E-state index in [2.05, 4.69) is 33.1 Å². The second kappa shape index (κ2) is 6.35. The number of halogens is 2. The van der Waals surface area contributed by atoms with Gasteiger partial charge in [0.25, 0.3) is 0 Å². The van der Waals surface area contributed by atoms with Crippen LogP contribution in [-0.2, 0) is 0 Å². The SMILES string of the molecule is CC(c1ccc(Br)cc1F)N1CCCC2(CCCNC2)C1. The summed E-state index contributed by atoms with van der Waals surface area (Å²) in [6.07, 6.45) is 5.12. The second-order valence-electron chi connectivity index (χ2n) is 6.70. The molecule has 2 nitrogen and oxygen atoms in total. The average molecular weight is 355 g/mol. The van der Waals surface area contributed by atoms with Crippen LogP contribution in [0.2, 0.25) is 0 Å². The molecule has 2 atom stereocenters. The Bertz CT molecular complexity index is 494. The van der Waals surface area contributed by atoms with Crippen molar-refractivity contribution >= 4 is 15.9 Å². The Labute approximate surface area is 135 Å². The molecule has 1 spiro atoms. The van der Waals surface area contributed by atoms with Crippen LogP contribution in [0.25, 0.3) is 0 Å². The summed E-state index contributed by atoms with van der Waals surface area (Å²) in [6.45, 7) is 6.59. The molecule has 2 unspecified atom stereocenters. The lowest BCUT2D eigenvalue weighted by Gasteiger charge is -2.47. The zero-order valence-electron chi connectivity index (χ0n) is 12.7. The predicted octanol–water partition coefficient (Wildman–Crippen LogP) is 4.11. The molecule has 21 heavy (non-hydrogen) atoms. The Balaban J connectivity index is 1.76. The van der Waals surface area contributed by atoms with Gasteiger partial charge in [-0.2, -0.15) is 0 Å². The van der Waals surface area contributed by atoms with Crippen molar-refractivity contribution in [3.63, 3.8) is 0 Å². The Morgan fingerprint density at radius 1 is 1.33 bits per heavy atom. The van der Waals surface area contributed by atoms with Crippen molar-refractivity contribution < 1.29 is 4.39 Å². The molecule has 0 aliphatic carbocycles. The topological polar surface area (TPSA) is 15.3 Å². The van der Waals surface area contributed by atoms with E-state index in [1.807, 2.05) is 12.1 Å². The zero-order valence-corrected chi connectivity index (χ0v) is 14.3. The number of nitrogens with zero attached hydrogens (tertiary/aromatic N) is 1. The number of nitrogens with one attached hydrogen (secondary N) is 1. The maximum absolute atomic E-state index is 14.2. The maximum atomic E-state index is 14.2. The average Bonchev–Trinajstić information content (AvgIpc) is 2.47. The molecule has 2 aliphatic rings. The Morgan fingerprint density at radius 2 is 2.14 bits per heavy atom. The van der Waals surface area contributed by atoms with Gasteiger partial charge in [0.05, 0.1) is 0 Å². The molecule has 0 amide bonds. The van der Waals surface area contributed by atoms with E-state index < -0.39 is 0 Å². The molecule has 0 aromatic heterocycles. The van der Waals surface area contributed by atoms with E-state index in [0.29, 0.717) is 5.41 Å². The van der Waals surface area contributed by atoms with Gasteiger partial charge in [-0.05, 0) is 63.2 Å². The first-order valence-electron chi connectivity index (χ1n) is 7.99. The molecule has 2 aliphatic heterocycles. The van der Waals surface area contributed by atoms with Crippen LogP contribution in [0.4, 0.5) is 4.39 Å². The minimum absolute atomic E-state index is 0.0988. The number of hydrogen-bond acceptors (Lipinski definition) is 2. The quantitative estimate of drug-likeness (QED) is 0.859. The monoisotopic (exact) mass is 354 g/mol. The number of rotatable bonds is 2. The van der Waals surface area contributed by atoms with Gasteiger partial charge in [-0.25, -0.2) is 4.39 Å². The zero-order chi connectivity index (χ0) is 14.9. The summed E-state index contributed by atoms with van der Waals surface area (Å²) < 4.78 is 15.0. The summed E-state index contributed by atoms with van der Waals surface area (Å²) in [6, 6.07) is 5.59. The van der Waals surface area contributed by atoms with E-state index >= 15 is 0 Å². The fourth-order valence-electron chi connectivity index (χ4n) is 3.99. The van der Waals surface area contributed by atoms with Gasteiger partial charge in [-0.15, -0.1) is 0 Å². The lowest BCUT2D eigenvalue weighted by atomic mass is 9.74. The van der Waals surface area contributed by atoms with Gasteiger partial charge in [0.2, 0.25) is 0 Å². The van der Waals surface area contributed by atoms with E-state index in [1.54, 1.807) is 6.07 Å². The van der Waals surface area contributed by atoms with Crippen LogP contribution >= 0.6 is 15.9 Å². The van der Waals surface area contributed by atoms with E-state index in [0.717, 1.165) is 36.2 Å². The molecule has 2 fully saturated rings. The summed E-state index contributed by atoms with van der Waals surface area (Å²) in [5.74, 6) is -0.0988. The van der Waals surface area contributed by atoms with E-state index in [9.17, 15) is 4.39 Å². The minimum atomic E-state index is -0.0988. The smallest absolute Gasteiger partial charge is 0.129 e. The Kier molecular flexibility index (Phi) is 4.67. The molecule has 1 aromatic carbocycles. The second-order valence-corrected chi connectivity index (χ2v) is 7.61. The molecule has 4 heteroatoms. The summed E-state index contributed by atoms with van der Waals surface area (Å²) in [5, 5.41) is 3.56. The summed E-state index contributed by atoms with van der Waals surface area (Å²) in [7, 11) is 0. The number of likely N-dealkylation sites (tertiary alicyclic amines) is 1. The normalized spacial score (nSPS) is 28.7. The lowest BCUT2D eigenvalue weighted by Crippen LogP contribution is -2.51. The summed E-state index contributed by atoms with van der Waals surface area (Å²) in [4.78, 5) is 2.48. The van der Waals surface area contributed by atoms with Crippen LogP contribution in [0.15, 0.2) is 22.7 Å². The van der Waals surface area contributed by atoms with Crippen molar-refractivity contribution in [3.05, 3.63) is 34.1 Å². The van der Waals surface area contributed by atoms with Crippen molar-refractivity contribution in [2.75, 3.05) is 26.2 Å². The molecule has 0 saturated carbocycles. The third kappa shape index (κ3) is 3.33. The van der Waals surface area contributed by atoms with Crippen LogP contribution in [0.3, 0.4) is 0 Å². The number of hydrogen-bond donors (Lipinski definition) is 1. The van der Waals surface area contributed by atoms with Gasteiger partial charge in [0.1, 0.15) is 5.82 Å². The van der Waals surface area contributed by atoms with E-state index in [1.165, 1.54) is 25.7 Å². The van der Waals surface area contributed by atoms with Crippen LogP contribution < -0.4 is 5.32 Å². The fraction of sp³-hybridized carbons (Fsp3) is 0.647. The predicted molar refractivity (Wildman–Crippen MR) is 87.9 cm³/mol. The van der Waals surface area contributed by atoms with Crippen molar-refractivity contribution in [3.8, 4) is 0 Å². The molecule has 0 bridgehead atoms. The van der Waals surface area contributed by atoms with Gasteiger partial charge >= 0.3 is 0 Å². The minimum Gasteiger partial charge on any atom is -0.316 e. The van der Waals surface area contributed by atoms with Gasteiger partial charge in [-0.1, -0.05) is 22.0 Å². The number of benzene rings is 1. The molecule has 2 heterocycles. The summed E-state index contributed by atoms with van der Waals surface area (Å²) in [5.41, 5.74) is 1.23. The lowest BCUT2D eigenvalue weighted by molar-refractivity contribution is 0.0407. The van der Waals surface area contributed by atoms with Crippen molar-refractivity contribution in [2.45, 2.75) is 38.6 Å². The van der Waals surface area contributed by atoms with E-state index in [-0.39, 0.29) is 11.9 Å². The third-order valence-electron chi connectivity index (χ3n) is 5.21. The van der Waals surface area contributed by atoms with Crippen LogP contribution in [0.5, 0.6) is 0 Å². The molecule has 1 N–H and O–H groups in total. The van der Waals surface area contributed by atoms with Crippen molar-refractivity contribution in [2.24, 2.45) is 5.41 Å². The van der Waals surface area contributed by atoms with Crippen molar-refractivity contribution in [1.29, 1.82) is 0 Å². The van der Waals surface area contributed by atoms with Crippen LogP contribution in [0, 0.1) is 11.2 Å². The summed E-state index contributed by atoms with van der Waals surface area (Å²) >= 11 is 3.34. The molecular weight excluding hydrogens is 331 g/mol. The first-order valence-corrected chi connectivity index (χ1v) is 8.79. The van der Waals surface area contributed by atoms with Gasteiger partial charge < -0.3 is 5.32 Å².